The molecule has 1 nitrogen and oxygen atoms in total. The van der Waals surface area contributed by atoms with Gasteiger partial charge in [-0.3, -0.25) is 0 Å². The molecule has 21 heavy (non-hydrogen) atoms. The Morgan fingerprint density at radius 3 is 2.76 bits per heavy atom. The average Bonchev–Trinajstić information content (AvgIpc) is 2.97. The second-order valence-corrected chi connectivity index (χ2v) is 7.82. The van der Waals surface area contributed by atoms with Gasteiger partial charge in [-0.2, -0.15) is 11.8 Å². The average molecular weight is 319 g/mol. The summed E-state index contributed by atoms with van der Waals surface area (Å²) in [5.41, 5.74) is 5.11. The van der Waals surface area contributed by atoms with E-state index in [0.717, 1.165) is 35.5 Å². The highest BCUT2D eigenvalue weighted by atomic mass is 32.2. The van der Waals surface area contributed by atoms with E-state index in [9.17, 15) is 5.11 Å². The van der Waals surface area contributed by atoms with Gasteiger partial charge in [0.2, 0.25) is 0 Å². The summed E-state index contributed by atoms with van der Waals surface area (Å²) in [6.07, 6.45) is 2.68. The number of fused-ring (bicyclic) bond motifs is 1. The monoisotopic (exact) mass is 318 g/mol. The summed E-state index contributed by atoms with van der Waals surface area (Å²) < 4.78 is 0. The van der Waals surface area contributed by atoms with Crippen LogP contribution in [0.15, 0.2) is 24.3 Å². The highest BCUT2D eigenvalue weighted by molar-refractivity contribution is 7.98. The summed E-state index contributed by atoms with van der Waals surface area (Å²) in [4.78, 5) is 2.60. The number of hydrogen-bond donors (Lipinski definition) is 1. The summed E-state index contributed by atoms with van der Waals surface area (Å²) >= 11 is 3.80. The first kappa shape index (κ1) is 15.1. The molecule has 112 valence electrons. The van der Waals surface area contributed by atoms with Crippen LogP contribution in [0.5, 0.6) is 0 Å². The minimum absolute atomic E-state index is 0.466. The van der Waals surface area contributed by atoms with Gasteiger partial charge >= 0.3 is 0 Å². The Morgan fingerprint density at radius 1 is 1.19 bits per heavy atom. The Bertz CT molecular complexity index is 607. The maximum absolute atomic E-state index is 10.9. The number of aliphatic hydroxyl groups is 1. The van der Waals surface area contributed by atoms with Crippen LogP contribution in [-0.4, -0.2) is 10.9 Å². The Balaban J connectivity index is 1.97. The minimum Gasteiger partial charge on any atom is -0.383 e. The van der Waals surface area contributed by atoms with Crippen LogP contribution in [-0.2, 0) is 25.0 Å². The van der Waals surface area contributed by atoms with Crippen LogP contribution in [0, 0.1) is 0 Å². The number of aliphatic hydroxyl groups excluding tert-OH is 1. The van der Waals surface area contributed by atoms with Crippen LogP contribution >= 0.6 is 23.1 Å². The molecule has 1 aromatic carbocycles. The highest BCUT2D eigenvalue weighted by Crippen LogP contribution is 2.37. The molecule has 1 atom stereocenters. The largest absolute Gasteiger partial charge is 0.383 e. The summed E-state index contributed by atoms with van der Waals surface area (Å²) in [6, 6.07) is 8.79. The van der Waals surface area contributed by atoms with Gasteiger partial charge in [0.15, 0.2) is 0 Å². The molecule has 0 radical (unpaired) electrons. The number of benzene rings is 1. The van der Waals surface area contributed by atoms with Crippen molar-refractivity contribution in [3.8, 4) is 0 Å². The van der Waals surface area contributed by atoms with Gasteiger partial charge in [0.1, 0.15) is 6.10 Å². The summed E-state index contributed by atoms with van der Waals surface area (Å²) in [6.45, 7) is 4.32. The summed E-state index contributed by atoms with van der Waals surface area (Å²) in [5.74, 6) is 2.32. The zero-order valence-corrected chi connectivity index (χ0v) is 14.3. The predicted octanol–water partition coefficient (Wildman–Crippen LogP) is 4.74. The van der Waals surface area contributed by atoms with Crippen LogP contribution in [0.4, 0.5) is 0 Å². The molecular formula is C18H22OS2. The molecule has 1 unspecified atom stereocenters. The van der Waals surface area contributed by atoms with Gasteiger partial charge in [0.05, 0.1) is 0 Å². The van der Waals surface area contributed by atoms with Crippen molar-refractivity contribution in [3.05, 3.63) is 56.3 Å². The van der Waals surface area contributed by atoms with E-state index >= 15 is 0 Å². The van der Waals surface area contributed by atoms with Crippen LogP contribution < -0.4 is 0 Å². The van der Waals surface area contributed by atoms with E-state index in [1.165, 1.54) is 27.3 Å². The number of thiophene rings is 1. The van der Waals surface area contributed by atoms with E-state index < -0.39 is 6.10 Å². The fourth-order valence-corrected chi connectivity index (χ4v) is 5.28. The zero-order valence-electron chi connectivity index (χ0n) is 12.7. The molecule has 1 N–H and O–H groups in total. The second kappa shape index (κ2) is 6.55. The van der Waals surface area contributed by atoms with E-state index in [2.05, 4.69) is 38.1 Å². The molecule has 1 aliphatic heterocycles. The Kier molecular flexibility index (Phi) is 4.72. The van der Waals surface area contributed by atoms with E-state index in [-0.39, 0.29) is 0 Å². The molecule has 0 saturated carbocycles. The zero-order chi connectivity index (χ0) is 14.8. The second-order valence-electron chi connectivity index (χ2n) is 5.54. The lowest BCUT2D eigenvalue weighted by atomic mass is 9.96. The molecule has 0 spiro atoms. The van der Waals surface area contributed by atoms with E-state index in [1.807, 2.05) is 23.1 Å². The topological polar surface area (TPSA) is 20.2 Å². The number of thioether (sulfide) groups is 1. The predicted molar refractivity (Wildman–Crippen MR) is 93.4 cm³/mol. The van der Waals surface area contributed by atoms with E-state index in [1.54, 1.807) is 0 Å². The van der Waals surface area contributed by atoms with E-state index in [0.29, 0.717) is 0 Å². The highest BCUT2D eigenvalue weighted by Gasteiger charge is 2.20. The molecule has 0 fully saturated rings. The standard InChI is InChI=1S/C18H22OS2/c1-3-12-5-6-13(4-2)15(9-12)18(19)17-10-14-11-20-8-7-16(14)21-17/h5-6,9-10,18-19H,3-4,7-8,11H2,1-2H3. The molecule has 2 aromatic rings. The Labute approximate surface area is 135 Å². The molecule has 3 heteroatoms. The van der Waals surface area contributed by atoms with Gasteiger partial charge in [-0.15, -0.1) is 11.3 Å². The molecule has 1 aliphatic rings. The fourth-order valence-electron chi connectivity index (χ4n) is 2.90. The van der Waals surface area contributed by atoms with Gasteiger partial charge in [-0.05, 0) is 53.3 Å². The SMILES string of the molecule is CCc1ccc(CC)c(C(O)c2cc3c(s2)CCSC3)c1. The van der Waals surface area contributed by atoms with Crippen LogP contribution in [0.25, 0.3) is 0 Å². The molecule has 3 rings (SSSR count). The summed E-state index contributed by atoms with van der Waals surface area (Å²) in [7, 11) is 0. The first-order valence-corrected chi connectivity index (χ1v) is 9.69. The smallest absolute Gasteiger partial charge is 0.113 e. The first-order valence-electron chi connectivity index (χ1n) is 7.71. The van der Waals surface area contributed by atoms with Crippen molar-refractivity contribution in [1.29, 1.82) is 0 Å². The van der Waals surface area contributed by atoms with Crippen LogP contribution in [0.3, 0.4) is 0 Å². The van der Waals surface area contributed by atoms with Gasteiger partial charge < -0.3 is 5.11 Å². The summed E-state index contributed by atoms with van der Waals surface area (Å²) in [5, 5.41) is 10.9. The van der Waals surface area contributed by atoms with Crippen molar-refractivity contribution in [1.82, 2.24) is 0 Å². The third-order valence-electron chi connectivity index (χ3n) is 4.21. The van der Waals surface area contributed by atoms with Crippen LogP contribution in [0.1, 0.15) is 52.0 Å². The van der Waals surface area contributed by atoms with Gasteiger partial charge in [0.25, 0.3) is 0 Å². The Hall–Kier alpha value is -0.770. The van der Waals surface area contributed by atoms with Gasteiger partial charge in [-0.25, -0.2) is 0 Å². The molecule has 0 aliphatic carbocycles. The van der Waals surface area contributed by atoms with Crippen molar-refractivity contribution in [2.45, 2.75) is 45.0 Å². The number of rotatable bonds is 4. The molecule has 0 bridgehead atoms. The molecular weight excluding hydrogens is 296 g/mol. The normalized spacial score (nSPS) is 15.8. The maximum Gasteiger partial charge on any atom is 0.113 e. The van der Waals surface area contributed by atoms with Crippen molar-refractivity contribution in [3.63, 3.8) is 0 Å². The lowest BCUT2D eigenvalue weighted by molar-refractivity contribution is 0.223. The van der Waals surface area contributed by atoms with Crippen molar-refractivity contribution < 1.29 is 5.11 Å². The molecule has 0 amide bonds. The fraction of sp³-hybridized carbons (Fsp3) is 0.444. The van der Waals surface area contributed by atoms with E-state index in [4.69, 9.17) is 0 Å². The van der Waals surface area contributed by atoms with Crippen LogP contribution in [0.2, 0.25) is 0 Å². The van der Waals surface area contributed by atoms with Gasteiger partial charge in [-0.1, -0.05) is 32.0 Å². The van der Waals surface area contributed by atoms with Gasteiger partial charge in [0, 0.05) is 15.5 Å². The molecule has 2 heterocycles. The molecule has 1 aromatic heterocycles. The third kappa shape index (κ3) is 3.05. The van der Waals surface area contributed by atoms with Crippen molar-refractivity contribution >= 4 is 23.1 Å². The maximum atomic E-state index is 10.9. The lowest BCUT2D eigenvalue weighted by Crippen LogP contribution is -2.03. The van der Waals surface area contributed by atoms with Crippen molar-refractivity contribution in [2.24, 2.45) is 0 Å². The minimum atomic E-state index is -0.466. The first-order chi connectivity index (χ1) is 10.2. The van der Waals surface area contributed by atoms with Crippen molar-refractivity contribution in [2.75, 3.05) is 5.75 Å². The lowest BCUT2D eigenvalue weighted by Gasteiger charge is -2.15. The molecule has 0 saturated heterocycles. The Morgan fingerprint density at radius 2 is 2.05 bits per heavy atom. The third-order valence-corrected chi connectivity index (χ3v) is 6.51. The number of hydrogen-bond acceptors (Lipinski definition) is 3. The quantitative estimate of drug-likeness (QED) is 0.878. The number of aryl methyl sites for hydroxylation is 3.